The average molecular weight is 285 g/mol. The maximum atomic E-state index is 8.62. The van der Waals surface area contributed by atoms with Gasteiger partial charge in [-0.2, -0.15) is 15.6 Å². The number of hydrogen-bond donors (Lipinski definition) is 2. The molecule has 0 unspecified atom stereocenters. The molecular formula is C17H11N5. The molecule has 0 amide bonds. The van der Waals surface area contributed by atoms with Crippen LogP contribution in [0.1, 0.15) is 0 Å². The van der Waals surface area contributed by atoms with Crippen molar-refractivity contribution in [3.8, 4) is 23.4 Å². The van der Waals surface area contributed by atoms with Crippen molar-refractivity contribution in [1.82, 2.24) is 4.98 Å². The number of H-pyrrole nitrogens is 1. The highest BCUT2D eigenvalue weighted by atomic mass is 15.3. The molecule has 0 radical (unpaired) electrons. The van der Waals surface area contributed by atoms with Crippen LogP contribution in [0.5, 0.6) is 0 Å². The van der Waals surface area contributed by atoms with Gasteiger partial charge >= 0.3 is 0 Å². The molecule has 0 bridgehead atoms. The average Bonchev–Trinajstić information content (AvgIpc) is 3.00. The molecule has 0 aliphatic rings. The van der Waals surface area contributed by atoms with Crippen LogP contribution in [0.25, 0.3) is 22.2 Å². The van der Waals surface area contributed by atoms with Crippen LogP contribution in [0.2, 0.25) is 0 Å². The molecule has 0 aliphatic carbocycles. The van der Waals surface area contributed by atoms with E-state index < -0.39 is 0 Å². The summed E-state index contributed by atoms with van der Waals surface area (Å²) in [4.78, 5) is 3.37. The van der Waals surface area contributed by atoms with Gasteiger partial charge in [-0.25, -0.2) is 0 Å². The Morgan fingerprint density at radius 3 is 2.41 bits per heavy atom. The van der Waals surface area contributed by atoms with E-state index in [4.69, 9.17) is 10.5 Å². The third-order valence-corrected chi connectivity index (χ3v) is 3.23. The van der Waals surface area contributed by atoms with Gasteiger partial charge in [0.25, 0.3) is 0 Å². The molecule has 0 aliphatic heterocycles. The van der Waals surface area contributed by atoms with Gasteiger partial charge in [0.1, 0.15) is 12.1 Å². The van der Waals surface area contributed by atoms with Gasteiger partial charge < -0.3 is 4.98 Å². The maximum absolute atomic E-state index is 8.62. The van der Waals surface area contributed by atoms with E-state index in [9.17, 15) is 0 Å². The van der Waals surface area contributed by atoms with Crippen LogP contribution in [0.3, 0.4) is 0 Å². The normalized spacial score (nSPS) is 9.73. The molecule has 1 aromatic heterocycles. The number of benzene rings is 2. The Hall–Kier alpha value is -3.57. The summed E-state index contributed by atoms with van der Waals surface area (Å²) in [5.41, 5.74) is 6.36. The molecular weight excluding hydrogens is 274 g/mol. The smallest absolute Gasteiger partial charge is 0.237 e. The number of fused-ring (bicyclic) bond motifs is 1. The van der Waals surface area contributed by atoms with Gasteiger partial charge in [0.15, 0.2) is 0 Å². The monoisotopic (exact) mass is 285 g/mol. The Morgan fingerprint density at radius 1 is 1.00 bits per heavy atom. The zero-order valence-corrected chi connectivity index (χ0v) is 11.5. The summed E-state index contributed by atoms with van der Waals surface area (Å²) in [6.07, 6.45) is 0. The second-order valence-corrected chi connectivity index (χ2v) is 4.64. The number of hydrogen-bond acceptors (Lipinski definition) is 4. The zero-order chi connectivity index (χ0) is 15.4. The van der Waals surface area contributed by atoms with Crippen molar-refractivity contribution in [2.75, 3.05) is 5.43 Å². The number of hydrazone groups is 1. The van der Waals surface area contributed by atoms with Crippen molar-refractivity contribution in [3.05, 3.63) is 54.6 Å². The Bertz CT molecular complexity index is 871. The fourth-order valence-corrected chi connectivity index (χ4v) is 2.15. The first-order chi connectivity index (χ1) is 10.8. The fraction of sp³-hybridized carbons (Fsp3) is 0. The van der Waals surface area contributed by atoms with Crippen molar-refractivity contribution in [2.45, 2.75) is 0 Å². The predicted molar refractivity (Wildman–Crippen MR) is 86.0 cm³/mol. The van der Waals surface area contributed by atoms with Gasteiger partial charge in [-0.05, 0) is 29.8 Å². The number of aromatic amines is 1. The van der Waals surface area contributed by atoms with Crippen LogP contribution in [0.15, 0.2) is 59.7 Å². The summed E-state index contributed by atoms with van der Waals surface area (Å²) in [6, 6.07) is 21.2. The molecule has 0 fully saturated rings. The summed E-state index contributed by atoms with van der Waals surface area (Å²) in [6.45, 7) is 0. The largest absolute Gasteiger partial charge is 0.355 e. The van der Waals surface area contributed by atoms with E-state index in [2.05, 4.69) is 27.6 Å². The summed E-state index contributed by atoms with van der Waals surface area (Å²) in [5, 5.41) is 22.1. The lowest BCUT2D eigenvalue weighted by Gasteiger charge is -2.02. The SMILES string of the molecule is N#CC(C#N)=NNc1ccc(-c2cc3ccccc3[nH]2)cc1. The molecule has 5 heteroatoms. The number of nitriles is 2. The van der Waals surface area contributed by atoms with E-state index >= 15 is 0 Å². The summed E-state index contributed by atoms with van der Waals surface area (Å²) >= 11 is 0. The van der Waals surface area contributed by atoms with Crippen LogP contribution in [0, 0.1) is 22.7 Å². The minimum absolute atomic E-state index is 0.209. The third-order valence-electron chi connectivity index (χ3n) is 3.23. The highest BCUT2D eigenvalue weighted by Crippen LogP contribution is 2.25. The fourth-order valence-electron chi connectivity index (χ4n) is 2.15. The van der Waals surface area contributed by atoms with Gasteiger partial charge in [0.05, 0.1) is 5.69 Å². The maximum Gasteiger partial charge on any atom is 0.237 e. The number of nitrogens with zero attached hydrogens (tertiary/aromatic N) is 3. The number of rotatable bonds is 3. The molecule has 2 N–H and O–H groups in total. The first kappa shape index (κ1) is 13.4. The zero-order valence-electron chi connectivity index (χ0n) is 11.5. The molecule has 3 aromatic rings. The van der Waals surface area contributed by atoms with Crippen LogP contribution in [0.4, 0.5) is 5.69 Å². The third kappa shape index (κ3) is 2.65. The van der Waals surface area contributed by atoms with Crippen molar-refractivity contribution >= 4 is 22.3 Å². The standard InChI is InChI=1S/C17H11N5/c18-10-15(11-19)22-21-14-7-5-12(6-8-14)17-9-13-3-1-2-4-16(13)20-17/h1-9,20-21H. The molecule has 22 heavy (non-hydrogen) atoms. The molecule has 1 heterocycles. The van der Waals surface area contributed by atoms with E-state index in [0.717, 1.165) is 22.2 Å². The van der Waals surface area contributed by atoms with E-state index in [1.165, 1.54) is 0 Å². The lowest BCUT2D eigenvalue weighted by Crippen LogP contribution is -1.96. The molecule has 0 saturated heterocycles. The second-order valence-electron chi connectivity index (χ2n) is 4.64. The Morgan fingerprint density at radius 2 is 1.73 bits per heavy atom. The number of anilines is 1. The highest BCUT2D eigenvalue weighted by molar-refractivity contribution is 6.10. The van der Waals surface area contributed by atoms with Gasteiger partial charge in [0.2, 0.25) is 5.71 Å². The first-order valence-corrected chi connectivity index (χ1v) is 6.62. The van der Waals surface area contributed by atoms with Crippen molar-refractivity contribution in [3.63, 3.8) is 0 Å². The molecule has 5 nitrogen and oxygen atoms in total. The molecule has 0 saturated carbocycles. The van der Waals surface area contributed by atoms with Crippen LogP contribution in [-0.2, 0) is 0 Å². The van der Waals surface area contributed by atoms with Crippen molar-refractivity contribution in [1.29, 1.82) is 10.5 Å². The molecule has 2 aromatic carbocycles. The van der Waals surface area contributed by atoms with E-state index in [1.807, 2.05) is 42.5 Å². The van der Waals surface area contributed by atoms with Gasteiger partial charge in [0, 0.05) is 16.6 Å². The molecule has 0 spiro atoms. The molecule has 3 rings (SSSR count). The lowest BCUT2D eigenvalue weighted by molar-refractivity contribution is 1.33. The van der Waals surface area contributed by atoms with Crippen molar-refractivity contribution < 1.29 is 0 Å². The number of nitrogens with one attached hydrogen (secondary N) is 2. The van der Waals surface area contributed by atoms with Crippen LogP contribution < -0.4 is 5.43 Å². The van der Waals surface area contributed by atoms with Gasteiger partial charge in [-0.3, -0.25) is 5.43 Å². The summed E-state index contributed by atoms with van der Waals surface area (Å²) < 4.78 is 0. The predicted octanol–water partition coefficient (Wildman–Crippen LogP) is 3.65. The summed E-state index contributed by atoms with van der Waals surface area (Å²) in [7, 11) is 0. The number of para-hydroxylation sites is 1. The first-order valence-electron chi connectivity index (χ1n) is 6.62. The Kier molecular flexibility index (Phi) is 3.55. The Labute approximate surface area is 127 Å². The van der Waals surface area contributed by atoms with Crippen LogP contribution in [-0.4, -0.2) is 10.7 Å². The molecule has 104 valence electrons. The minimum atomic E-state index is -0.209. The van der Waals surface area contributed by atoms with Gasteiger partial charge in [-0.1, -0.05) is 30.3 Å². The molecule has 0 atom stereocenters. The summed E-state index contributed by atoms with van der Waals surface area (Å²) in [5.74, 6) is 0. The number of aromatic nitrogens is 1. The minimum Gasteiger partial charge on any atom is -0.355 e. The lowest BCUT2D eigenvalue weighted by atomic mass is 10.1. The van der Waals surface area contributed by atoms with E-state index in [-0.39, 0.29) is 5.71 Å². The quantitative estimate of drug-likeness (QED) is 0.568. The highest BCUT2D eigenvalue weighted by Gasteiger charge is 2.03. The topological polar surface area (TPSA) is 87.8 Å². The van der Waals surface area contributed by atoms with Crippen molar-refractivity contribution in [2.24, 2.45) is 5.10 Å². The van der Waals surface area contributed by atoms with Gasteiger partial charge in [-0.15, -0.1) is 0 Å². The Balaban J connectivity index is 1.84. The second kappa shape index (κ2) is 5.82. The van der Waals surface area contributed by atoms with E-state index in [0.29, 0.717) is 5.69 Å². The van der Waals surface area contributed by atoms with Crippen LogP contribution >= 0.6 is 0 Å². The van der Waals surface area contributed by atoms with E-state index in [1.54, 1.807) is 12.1 Å².